The van der Waals surface area contributed by atoms with Crippen molar-refractivity contribution in [3.63, 3.8) is 0 Å². The van der Waals surface area contributed by atoms with Crippen LogP contribution in [0.15, 0.2) is 42.6 Å². The van der Waals surface area contributed by atoms with E-state index in [1.807, 2.05) is 31.2 Å². The molecule has 3 amide bonds. The zero-order chi connectivity index (χ0) is 19.2. The number of benzene rings is 1. The molecule has 0 bridgehead atoms. The van der Waals surface area contributed by atoms with Crippen LogP contribution in [0.5, 0.6) is 11.6 Å². The van der Waals surface area contributed by atoms with E-state index in [1.165, 1.54) is 18.2 Å². The minimum atomic E-state index is -0.274. The number of nitrogens with zero attached hydrogens (tertiary/aromatic N) is 3. The number of anilines is 2. The van der Waals surface area contributed by atoms with Gasteiger partial charge in [0.2, 0.25) is 11.8 Å². The first-order chi connectivity index (χ1) is 13.1. The van der Waals surface area contributed by atoms with Crippen molar-refractivity contribution in [2.24, 2.45) is 0 Å². The molecule has 142 valence electrons. The Labute approximate surface area is 157 Å². The molecule has 1 aromatic carbocycles. The van der Waals surface area contributed by atoms with Gasteiger partial charge in [-0.15, -0.1) is 0 Å². The molecular formula is C19H22N4O4. The van der Waals surface area contributed by atoms with E-state index in [4.69, 9.17) is 9.47 Å². The minimum Gasteiger partial charge on any atom is -0.494 e. The van der Waals surface area contributed by atoms with Crippen LogP contribution in [-0.4, -0.2) is 55.2 Å². The van der Waals surface area contributed by atoms with Crippen molar-refractivity contribution in [2.75, 3.05) is 43.6 Å². The minimum absolute atomic E-state index is 0.0155. The van der Waals surface area contributed by atoms with Gasteiger partial charge in [-0.1, -0.05) is 0 Å². The van der Waals surface area contributed by atoms with Crippen molar-refractivity contribution < 1.29 is 19.1 Å². The van der Waals surface area contributed by atoms with Crippen molar-refractivity contribution >= 4 is 23.3 Å². The molecule has 27 heavy (non-hydrogen) atoms. The van der Waals surface area contributed by atoms with Crippen LogP contribution >= 0.6 is 0 Å². The number of pyridine rings is 1. The van der Waals surface area contributed by atoms with E-state index < -0.39 is 0 Å². The molecule has 0 atom stereocenters. The lowest BCUT2D eigenvalue weighted by Crippen LogP contribution is -2.37. The second kappa shape index (κ2) is 8.39. The number of carbonyl (C=O) groups is 2. The molecule has 1 fully saturated rings. The number of amides is 3. The second-order valence-electron chi connectivity index (χ2n) is 5.92. The fourth-order valence-corrected chi connectivity index (χ4v) is 2.81. The van der Waals surface area contributed by atoms with E-state index in [9.17, 15) is 9.59 Å². The van der Waals surface area contributed by atoms with E-state index in [2.05, 4.69) is 10.3 Å². The number of hydrogen-bond acceptors (Lipinski definition) is 5. The normalized spacial score (nSPS) is 13.6. The third kappa shape index (κ3) is 4.46. The van der Waals surface area contributed by atoms with Gasteiger partial charge in [-0.05, 0) is 37.3 Å². The van der Waals surface area contributed by atoms with E-state index >= 15 is 0 Å². The molecule has 2 aromatic rings. The first-order valence-electron chi connectivity index (χ1n) is 8.70. The summed E-state index contributed by atoms with van der Waals surface area (Å²) in [5, 5.41) is 2.73. The van der Waals surface area contributed by atoms with Gasteiger partial charge in [0, 0.05) is 24.8 Å². The molecule has 0 unspecified atom stereocenters. The molecule has 1 saturated heterocycles. The predicted octanol–water partition coefficient (Wildman–Crippen LogP) is 2.37. The third-order valence-electron chi connectivity index (χ3n) is 4.12. The van der Waals surface area contributed by atoms with Crippen molar-refractivity contribution in [1.29, 1.82) is 0 Å². The summed E-state index contributed by atoms with van der Waals surface area (Å²) in [4.78, 5) is 32.0. The number of aromatic nitrogens is 1. The van der Waals surface area contributed by atoms with Crippen LogP contribution in [-0.2, 0) is 4.79 Å². The Kier molecular flexibility index (Phi) is 5.75. The van der Waals surface area contributed by atoms with Crippen LogP contribution in [0.25, 0.3) is 0 Å². The topological polar surface area (TPSA) is 84.0 Å². The van der Waals surface area contributed by atoms with Gasteiger partial charge in [-0.25, -0.2) is 9.78 Å². The number of urea groups is 1. The molecule has 0 radical (unpaired) electrons. The van der Waals surface area contributed by atoms with Gasteiger partial charge in [-0.3, -0.25) is 9.69 Å². The highest BCUT2D eigenvalue weighted by atomic mass is 16.5. The summed E-state index contributed by atoms with van der Waals surface area (Å²) >= 11 is 0. The maximum atomic E-state index is 12.6. The summed E-state index contributed by atoms with van der Waals surface area (Å²) in [7, 11) is 1.52. The summed E-state index contributed by atoms with van der Waals surface area (Å²) < 4.78 is 10.4. The maximum Gasteiger partial charge on any atom is 0.325 e. The molecule has 3 rings (SSSR count). The Morgan fingerprint density at radius 1 is 1.19 bits per heavy atom. The summed E-state index contributed by atoms with van der Waals surface area (Å²) in [6, 6.07) is 10.5. The lowest BCUT2D eigenvalue weighted by Gasteiger charge is -2.18. The lowest BCUT2D eigenvalue weighted by molar-refractivity contribution is -0.116. The van der Waals surface area contributed by atoms with Gasteiger partial charge < -0.3 is 19.7 Å². The molecule has 1 aliphatic rings. The highest BCUT2D eigenvalue weighted by molar-refractivity contribution is 5.99. The molecule has 8 heteroatoms. The third-order valence-corrected chi connectivity index (χ3v) is 4.12. The summed E-state index contributed by atoms with van der Waals surface area (Å²) in [5.74, 6) is 0.954. The SMILES string of the molecule is CCOc1ccc(N2CCN(CC(=O)Nc3ccc(OC)nc3)C2=O)cc1. The highest BCUT2D eigenvalue weighted by Gasteiger charge is 2.30. The fourth-order valence-electron chi connectivity index (χ4n) is 2.81. The Balaban J connectivity index is 1.56. The van der Waals surface area contributed by atoms with Gasteiger partial charge in [0.1, 0.15) is 12.3 Å². The lowest BCUT2D eigenvalue weighted by atomic mass is 10.3. The zero-order valence-corrected chi connectivity index (χ0v) is 15.3. The highest BCUT2D eigenvalue weighted by Crippen LogP contribution is 2.23. The van der Waals surface area contributed by atoms with Gasteiger partial charge in [-0.2, -0.15) is 0 Å². The van der Waals surface area contributed by atoms with E-state index in [-0.39, 0.29) is 18.5 Å². The largest absolute Gasteiger partial charge is 0.494 e. The smallest absolute Gasteiger partial charge is 0.325 e. The maximum absolute atomic E-state index is 12.6. The molecule has 0 spiro atoms. The summed E-state index contributed by atoms with van der Waals surface area (Å²) in [5.41, 5.74) is 1.33. The summed E-state index contributed by atoms with van der Waals surface area (Å²) in [6.07, 6.45) is 1.51. The number of methoxy groups -OCH3 is 1. The molecule has 1 aliphatic heterocycles. The number of rotatable bonds is 7. The average Bonchev–Trinajstić information content (AvgIpc) is 3.03. The van der Waals surface area contributed by atoms with Crippen molar-refractivity contribution in [2.45, 2.75) is 6.92 Å². The number of hydrogen-bond donors (Lipinski definition) is 1. The number of carbonyl (C=O) groups excluding carboxylic acids is 2. The van der Waals surface area contributed by atoms with Crippen LogP contribution in [0, 0.1) is 0 Å². The molecular weight excluding hydrogens is 348 g/mol. The molecule has 0 aliphatic carbocycles. The monoisotopic (exact) mass is 370 g/mol. The first-order valence-corrected chi connectivity index (χ1v) is 8.70. The van der Waals surface area contributed by atoms with Crippen molar-refractivity contribution in [3.05, 3.63) is 42.6 Å². The van der Waals surface area contributed by atoms with Crippen LogP contribution in [0.4, 0.5) is 16.2 Å². The average molecular weight is 370 g/mol. The molecule has 8 nitrogen and oxygen atoms in total. The Bertz CT molecular complexity index is 792. The summed E-state index contributed by atoms with van der Waals surface area (Å²) in [6.45, 7) is 3.51. The van der Waals surface area contributed by atoms with Crippen molar-refractivity contribution in [1.82, 2.24) is 9.88 Å². The van der Waals surface area contributed by atoms with Crippen LogP contribution in [0.2, 0.25) is 0 Å². The first kappa shape index (κ1) is 18.5. The number of ether oxygens (including phenoxy) is 2. The molecule has 1 aromatic heterocycles. The van der Waals surface area contributed by atoms with Gasteiger partial charge >= 0.3 is 6.03 Å². The Morgan fingerprint density at radius 2 is 1.96 bits per heavy atom. The van der Waals surface area contributed by atoms with Crippen molar-refractivity contribution in [3.8, 4) is 11.6 Å². The quantitative estimate of drug-likeness (QED) is 0.809. The van der Waals surface area contributed by atoms with Crippen LogP contribution < -0.4 is 19.7 Å². The Morgan fingerprint density at radius 3 is 2.59 bits per heavy atom. The zero-order valence-electron chi connectivity index (χ0n) is 15.3. The van der Waals surface area contributed by atoms with Crippen LogP contribution in [0.1, 0.15) is 6.92 Å². The molecule has 2 heterocycles. The van der Waals surface area contributed by atoms with Crippen LogP contribution in [0.3, 0.4) is 0 Å². The molecule has 1 N–H and O–H groups in total. The second-order valence-corrected chi connectivity index (χ2v) is 5.92. The van der Waals surface area contributed by atoms with Gasteiger partial charge in [0.25, 0.3) is 0 Å². The standard InChI is InChI=1S/C19H22N4O4/c1-3-27-16-7-5-15(6-8-16)23-11-10-22(19(23)25)13-17(24)21-14-4-9-18(26-2)20-12-14/h4-9,12H,3,10-11,13H2,1-2H3,(H,21,24). The van der Waals surface area contributed by atoms with E-state index in [1.54, 1.807) is 17.0 Å². The predicted molar refractivity (Wildman–Crippen MR) is 101 cm³/mol. The van der Waals surface area contributed by atoms with Gasteiger partial charge in [0.15, 0.2) is 0 Å². The van der Waals surface area contributed by atoms with E-state index in [0.717, 1.165) is 11.4 Å². The molecule has 0 saturated carbocycles. The number of nitrogens with one attached hydrogen (secondary N) is 1. The Hall–Kier alpha value is -3.29. The fraction of sp³-hybridized carbons (Fsp3) is 0.316. The van der Waals surface area contributed by atoms with E-state index in [0.29, 0.717) is 31.3 Å². The van der Waals surface area contributed by atoms with Gasteiger partial charge in [0.05, 0.1) is 25.6 Å².